The molecule has 0 unspecified atom stereocenters. The fourth-order valence-electron chi connectivity index (χ4n) is 2.38. The van der Waals surface area contributed by atoms with Crippen LogP contribution in [0.2, 0.25) is 0 Å². The molecule has 2 aromatic carbocycles. The highest BCUT2D eigenvalue weighted by molar-refractivity contribution is 8.01. The van der Waals surface area contributed by atoms with Crippen LogP contribution in [-0.4, -0.2) is 36.7 Å². The molecule has 0 fully saturated rings. The van der Waals surface area contributed by atoms with E-state index in [-0.39, 0.29) is 6.61 Å². The fraction of sp³-hybridized carbons (Fsp3) is 0.211. The van der Waals surface area contributed by atoms with E-state index >= 15 is 0 Å². The zero-order valence-corrected chi connectivity index (χ0v) is 15.7. The van der Waals surface area contributed by atoms with Crippen LogP contribution in [0, 0.1) is 0 Å². The van der Waals surface area contributed by atoms with Crippen LogP contribution < -0.4 is 9.47 Å². The largest absolute Gasteiger partial charge is 0.497 e. The van der Waals surface area contributed by atoms with Crippen molar-refractivity contribution >= 4 is 23.1 Å². The molecule has 0 atom stereocenters. The molecule has 0 saturated carbocycles. The van der Waals surface area contributed by atoms with Gasteiger partial charge in [0.25, 0.3) is 0 Å². The van der Waals surface area contributed by atoms with Gasteiger partial charge in [0.2, 0.25) is 0 Å². The van der Waals surface area contributed by atoms with Crippen molar-refractivity contribution in [2.75, 3.05) is 26.6 Å². The molecule has 1 heterocycles. The van der Waals surface area contributed by atoms with Crippen LogP contribution in [0.15, 0.2) is 52.9 Å². The SMILES string of the molecule is COc1ccc(-c2nc(SCCO)sc2-c2ccc(OC)cc2)cc1. The van der Waals surface area contributed by atoms with Crippen LogP contribution >= 0.6 is 23.1 Å². The van der Waals surface area contributed by atoms with Gasteiger partial charge in [0.15, 0.2) is 4.34 Å². The molecule has 1 aromatic heterocycles. The first kappa shape index (κ1) is 17.8. The molecule has 3 rings (SSSR count). The highest BCUT2D eigenvalue weighted by atomic mass is 32.2. The highest BCUT2D eigenvalue weighted by Gasteiger charge is 2.15. The van der Waals surface area contributed by atoms with Gasteiger partial charge in [-0.2, -0.15) is 0 Å². The van der Waals surface area contributed by atoms with E-state index in [0.29, 0.717) is 5.75 Å². The van der Waals surface area contributed by atoms with Crippen molar-refractivity contribution < 1.29 is 14.6 Å². The molecule has 3 aromatic rings. The van der Waals surface area contributed by atoms with Gasteiger partial charge in [-0.05, 0) is 54.1 Å². The zero-order chi connectivity index (χ0) is 17.6. The van der Waals surface area contributed by atoms with E-state index in [4.69, 9.17) is 19.6 Å². The monoisotopic (exact) mass is 373 g/mol. The summed E-state index contributed by atoms with van der Waals surface area (Å²) in [4.78, 5) is 5.90. The Bertz CT molecular complexity index is 749. The van der Waals surface area contributed by atoms with Crippen molar-refractivity contribution in [3.05, 3.63) is 48.5 Å². The molecule has 0 aliphatic carbocycles. The molecule has 6 heteroatoms. The van der Waals surface area contributed by atoms with Crippen LogP contribution in [0.3, 0.4) is 0 Å². The van der Waals surface area contributed by atoms with Crippen molar-refractivity contribution in [3.63, 3.8) is 0 Å². The topological polar surface area (TPSA) is 51.6 Å². The molecule has 130 valence electrons. The number of methoxy groups -OCH3 is 2. The summed E-state index contributed by atoms with van der Waals surface area (Å²) in [5.74, 6) is 2.28. The lowest BCUT2D eigenvalue weighted by Crippen LogP contribution is -1.86. The van der Waals surface area contributed by atoms with Crippen molar-refractivity contribution in [2.24, 2.45) is 0 Å². The number of rotatable bonds is 7. The zero-order valence-electron chi connectivity index (χ0n) is 14.1. The van der Waals surface area contributed by atoms with Crippen molar-refractivity contribution in [3.8, 4) is 33.2 Å². The van der Waals surface area contributed by atoms with Crippen LogP contribution in [0.4, 0.5) is 0 Å². The van der Waals surface area contributed by atoms with Gasteiger partial charge in [-0.25, -0.2) is 4.98 Å². The minimum Gasteiger partial charge on any atom is -0.497 e. The molecule has 0 spiro atoms. The van der Waals surface area contributed by atoms with Crippen molar-refractivity contribution in [1.82, 2.24) is 4.98 Å². The first-order chi connectivity index (χ1) is 12.2. The summed E-state index contributed by atoms with van der Waals surface area (Å²) in [6.45, 7) is 0.139. The van der Waals surface area contributed by atoms with Crippen LogP contribution in [0.25, 0.3) is 21.7 Å². The third kappa shape index (κ3) is 4.15. The number of nitrogens with zero attached hydrogens (tertiary/aromatic N) is 1. The highest BCUT2D eigenvalue weighted by Crippen LogP contribution is 2.40. The quantitative estimate of drug-likeness (QED) is 0.615. The normalized spacial score (nSPS) is 10.7. The van der Waals surface area contributed by atoms with Gasteiger partial charge >= 0.3 is 0 Å². The van der Waals surface area contributed by atoms with Gasteiger partial charge < -0.3 is 14.6 Å². The summed E-state index contributed by atoms with van der Waals surface area (Å²) < 4.78 is 11.4. The maximum absolute atomic E-state index is 9.08. The lowest BCUT2D eigenvalue weighted by Gasteiger charge is -2.05. The second-order valence-electron chi connectivity index (χ2n) is 5.19. The number of benzene rings is 2. The van der Waals surface area contributed by atoms with Gasteiger partial charge in [0, 0.05) is 11.3 Å². The Morgan fingerprint density at radius 3 is 2.00 bits per heavy atom. The molecule has 0 bridgehead atoms. The Morgan fingerprint density at radius 2 is 1.48 bits per heavy atom. The molecular formula is C19H19NO3S2. The number of aliphatic hydroxyl groups excluding tert-OH is 1. The Labute approximate surface area is 155 Å². The maximum Gasteiger partial charge on any atom is 0.151 e. The summed E-state index contributed by atoms with van der Waals surface area (Å²) >= 11 is 3.21. The van der Waals surface area contributed by atoms with E-state index in [1.165, 1.54) is 0 Å². The molecule has 0 amide bonds. The molecule has 0 aliphatic rings. The Balaban J connectivity index is 2.02. The number of thioether (sulfide) groups is 1. The number of thiazole rings is 1. The predicted molar refractivity (Wildman–Crippen MR) is 104 cm³/mol. The number of hydrogen-bond acceptors (Lipinski definition) is 6. The summed E-state index contributed by atoms with van der Waals surface area (Å²) in [7, 11) is 3.32. The van der Waals surface area contributed by atoms with Gasteiger partial charge in [0.1, 0.15) is 11.5 Å². The first-order valence-electron chi connectivity index (χ1n) is 7.78. The van der Waals surface area contributed by atoms with Crippen molar-refractivity contribution in [1.29, 1.82) is 0 Å². The van der Waals surface area contributed by atoms with Crippen LogP contribution in [0.1, 0.15) is 0 Å². The average Bonchev–Trinajstić information content (AvgIpc) is 3.10. The molecule has 0 saturated heterocycles. The minimum absolute atomic E-state index is 0.139. The van der Waals surface area contributed by atoms with Gasteiger partial charge in [0.05, 0.1) is 31.4 Å². The van der Waals surface area contributed by atoms with E-state index in [9.17, 15) is 0 Å². The average molecular weight is 373 g/mol. The molecule has 0 radical (unpaired) electrons. The fourth-order valence-corrected chi connectivity index (χ4v) is 4.36. The Hall–Kier alpha value is -2.02. The maximum atomic E-state index is 9.08. The van der Waals surface area contributed by atoms with E-state index in [1.807, 2.05) is 48.5 Å². The van der Waals surface area contributed by atoms with E-state index < -0.39 is 0 Å². The second-order valence-corrected chi connectivity index (χ2v) is 7.53. The van der Waals surface area contributed by atoms with Crippen LogP contribution in [-0.2, 0) is 0 Å². The van der Waals surface area contributed by atoms with E-state index in [2.05, 4.69) is 0 Å². The number of hydrogen-bond donors (Lipinski definition) is 1. The smallest absolute Gasteiger partial charge is 0.151 e. The standard InChI is InChI=1S/C19H19NO3S2/c1-22-15-7-3-13(4-8-15)17-18(25-19(20-17)24-12-11-21)14-5-9-16(23-2)10-6-14/h3-10,21H,11-12H2,1-2H3. The Morgan fingerprint density at radius 1 is 0.920 bits per heavy atom. The summed E-state index contributed by atoms with van der Waals surface area (Å²) in [6, 6.07) is 15.9. The molecule has 1 N–H and O–H groups in total. The predicted octanol–water partition coefficient (Wildman–Crippen LogP) is 4.58. The number of aromatic nitrogens is 1. The Kier molecular flexibility index (Phi) is 5.96. The molecular weight excluding hydrogens is 354 g/mol. The van der Waals surface area contributed by atoms with Gasteiger partial charge in [-0.15, -0.1) is 11.3 Å². The van der Waals surface area contributed by atoms with Crippen molar-refractivity contribution in [2.45, 2.75) is 4.34 Å². The molecule has 0 aliphatic heterocycles. The van der Waals surface area contributed by atoms with E-state index in [0.717, 1.165) is 37.5 Å². The summed E-state index contributed by atoms with van der Waals surface area (Å²) in [5.41, 5.74) is 3.08. The third-order valence-corrected chi connectivity index (χ3v) is 5.87. The second kappa shape index (κ2) is 8.38. The summed E-state index contributed by atoms with van der Waals surface area (Å²) in [5, 5.41) is 9.08. The lowest BCUT2D eigenvalue weighted by molar-refractivity contribution is 0.322. The lowest BCUT2D eigenvalue weighted by atomic mass is 10.1. The summed E-state index contributed by atoms with van der Waals surface area (Å²) in [6.07, 6.45) is 0. The first-order valence-corrected chi connectivity index (χ1v) is 9.58. The van der Waals surface area contributed by atoms with E-state index in [1.54, 1.807) is 37.3 Å². The number of aliphatic hydroxyl groups is 1. The minimum atomic E-state index is 0.139. The molecule has 4 nitrogen and oxygen atoms in total. The van der Waals surface area contributed by atoms with Gasteiger partial charge in [-0.1, -0.05) is 11.8 Å². The number of ether oxygens (including phenoxy) is 2. The van der Waals surface area contributed by atoms with Gasteiger partial charge in [-0.3, -0.25) is 0 Å². The third-order valence-electron chi connectivity index (χ3n) is 3.64. The van der Waals surface area contributed by atoms with Crippen LogP contribution in [0.5, 0.6) is 11.5 Å². The molecule has 25 heavy (non-hydrogen) atoms.